The van der Waals surface area contributed by atoms with Crippen molar-refractivity contribution in [2.24, 2.45) is 0 Å². The number of terminal acetylenes is 1. The molecule has 2 N–H and O–H groups in total. The lowest BCUT2D eigenvalue weighted by Gasteiger charge is -2.15. The summed E-state index contributed by atoms with van der Waals surface area (Å²) in [7, 11) is 0. The van der Waals surface area contributed by atoms with Crippen molar-refractivity contribution >= 4 is 16.5 Å². The minimum absolute atomic E-state index is 0.639. The average molecular weight is 209 g/mol. The molecule has 4 heteroatoms. The molecule has 0 unspecified atom stereocenters. The second-order valence-electron chi connectivity index (χ2n) is 3.00. The molecule has 0 radical (unpaired) electrons. The Bertz CT molecular complexity index is 313. The monoisotopic (exact) mass is 209 g/mol. The van der Waals surface area contributed by atoms with Crippen molar-refractivity contribution in [2.45, 2.75) is 13.3 Å². The maximum Gasteiger partial charge on any atom is 0.180 e. The van der Waals surface area contributed by atoms with Crippen LogP contribution in [-0.2, 0) is 6.42 Å². The molecule has 0 fully saturated rings. The number of nitrogens with zero attached hydrogens (tertiary/aromatic N) is 2. The van der Waals surface area contributed by atoms with E-state index in [1.807, 2.05) is 5.38 Å². The summed E-state index contributed by atoms with van der Waals surface area (Å²) in [5.74, 6) is 2.64. The Morgan fingerprint density at radius 2 is 2.50 bits per heavy atom. The maximum atomic E-state index is 5.54. The predicted octanol–water partition coefficient (Wildman–Crippen LogP) is 1.22. The number of nitrogens with two attached hydrogens (primary N) is 1. The largest absolute Gasteiger partial charge is 0.375 e. The Balaban J connectivity index is 2.36. The molecule has 1 rings (SSSR count). The molecule has 0 atom stereocenters. The first-order chi connectivity index (χ1) is 6.76. The molecule has 0 spiro atoms. The number of likely N-dealkylation sites (N-methyl/N-ethyl adjacent to an activating group) is 1. The summed E-state index contributed by atoms with van der Waals surface area (Å²) in [5.41, 5.74) is 6.60. The van der Waals surface area contributed by atoms with Crippen LogP contribution in [-0.4, -0.2) is 29.5 Å². The van der Waals surface area contributed by atoms with Crippen LogP contribution in [0.5, 0.6) is 0 Å². The van der Waals surface area contributed by atoms with Gasteiger partial charge in [-0.15, -0.1) is 17.8 Å². The number of thiazole rings is 1. The zero-order chi connectivity index (χ0) is 10.4. The Morgan fingerprint density at radius 1 is 1.71 bits per heavy atom. The molecule has 0 aliphatic heterocycles. The van der Waals surface area contributed by atoms with Crippen molar-refractivity contribution in [1.29, 1.82) is 0 Å². The highest BCUT2D eigenvalue weighted by Crippen LogP contribution is 2.11. The quantitative estimate of drug-likeness (QED) is 0.741. The van der Waals surface area contributed by atoms with E-state index in [1.165, 1.54) is 11.3 Å². The van der Waals surface area contributed by atoms with Gasteiger partial charge in [0.05, 0.1) is 12.2 Å². The van der Waals surface area contributed by atoms with Crippen LogP contribution in [0.1, 0.15) is 12.6 Å². The van der Waals surface area contributed by atoms with Gasteiger partial charge in [-0.2, -0.15) is 0 Å². The molecule has 0 amide bonds. The number of hydrogen-bond acceptors (Lipinski definition) is 4. The van der Waals surface area contributed by atoms with Crippen molar-refractivity contribution < 1.29 is 0 Å². The summed E-state index contributed by atoms with van der Waals surface area (Å²) in [6, 6.07) is 0. The number of aromatic nitrogens is 1. The summed E-state index contributed by atoms with van der Waals surface area (Å²) in [5, 5.41) is 2.64. The van der Waals surface area contributed by atoms with Crippen molar-refractivity contribution in [2.75, 3.05) is 25.4 Å². The molecule has 76 valence electrons. The van der Waals surface area contributed by atoms with Gasteiger partial charge >= 0.3 is 0 Å². The van der Waals surface area contributed by atoms with Gasteiger partial charge in [-0.05, 0) is 6.54 Å². The van der Waals surface area contributed by atoms with Crippen LogP contribution < -0.4 is 5.73 Å². The normalized spacial score (nSPS) is 10.4. The second-order valence-corrected chi connectivity index (χ2v) is 3.89. The number of nitrogen functional groups attached to an aromatic ring is 1. The van der Waals surface area contributed by atoms with Crippen molar-refractivity contribution in [3.8, 4) is 12.3 Å². The van der Waals surface area contributed by atoms with Crippen LogP contribution in [0, 0.1) is 12.3 Å². The number of hydrogen-bond donors (Lipinski definition) is 1. The van der Waals surface area contributed by atoms with Gasteiger partial charge in [0.15, 0.2) is 5.13 Å². The van der Waals surface area contributed by atoms with E-state index in [9.17, 15) is 0 Å². The zero-order valence-corrected chi connectivity index (χ0v) is 9.18. The van der Waals surface area contributed by atoms with Gasteiger partial charge in [-0.25, -0.2) is 4.98 Å². The minimum atomic E-state index is 0.639. The average Bonchev–Trinajstić information content (AvgIpc) is 2.59. The number of anilines is 1. The maximum absolute atomic E-state index is 5.54. The molecular formula is C10H15N3S. The Hall–Kier alpha value is -1.05. The molecule has 0 saturated heterocycles. The van der Waals surface area contributed by atoms with Crippen LogP contribution in [0.2, 0.25) is 0 Å². The summed E-state index contributed by atoms with van der Waals surface area (Å²) >= 11 is 1.48. The summed E-state index contributed by atoms with van der Waals surface area (Å²) in [6.45, 7) is 4.73. The first kappa shape index (κ1) is 11.0. The fourth-order valence-corrected chi connectivity index (χ4v) is 1.79. The van der Waals surface area contributed by atoms with E-state index in [1.54, 1.807) is 0 Å². The highest BCUT2D eigenvalue weighted by atomic mass is 32.1. The smallest absolute Gasteiger partial charge is 0.180 e. The van der Waals surface area contributed by atoms with Crippen LogP contribution in [0.3, 0.4) is 0 Å². The van der Waals surface area contributed by atoms with Gasteiger partial charge in [0, 0.05) is 18.3 Å². The van der Waals surface area contributed by atoms with Gasteiger partial charge in [0.2, 0.25) is 0 Å². The van der Waals surface area contributed by atoms with Crippen LogP contribution in [0.4, 0.5) is 5.13 Å². The third kappa shape index (κ3) is 3.36. The molecule has 0 aromatic carbocycles. The van der Waals surface area contributed by atoms with E-state index in [0.717, 1.165) is 25.2 Å². The first-order valence-electron chi connectivity index (χ1n) is 4.62. The van der Waals surface area contributed by atoms with Gasteiger partial charge in [-0.3, -0.25) is 4.90 Å². The lowest BCUT2D eigenvalue weighted by atomic mass is 10.3. The summed E-state index contributed by atoms with van der Waals surface area (Å²) in [6.07, 6.45) is 6.17. The molecule has 0 bridgehead atoms. The van der Waals surface area contributed by atoms with Gasteiger partial charge in [0.25, 0.3) is 0 Å². The molecule has 1 heterocycles. The van der Waals surface area contributed by atoms with Crippen LogP contribution in [0.25, 0.3) is 0 Å². The van der Waals surface area contributed by atoms with Crippen molar-refractivity contribution in [3.63, 3.8) is 0 Å². The Kier molecular flexibility index (Phi) is 4.44. The number of rotatable bonds is 5. The molecule has 0 aliphatic rings. The van der Waals surface area contributed by atoms with Crippen molar-refractivity contribution in [3.05, 3.63) is 11.1 Å². The van der Waals surface area contributed by atoms with E-state index in [-0.39, 0.29) is 0 Å². The summed E-state index contributed by atoms with van der Waals surface area (Å²) < 4.78 is 0. The van der Waals surface area contributed by atoms with Crippen LogP contribution in [0.15, 0.2) is 5.38 Å². The first-order valence-corrected chi connectivity index (χ1v) is 5.50. The minimum Gasteiger partial charge on any atom is -0.375 e. The third-order valence-electron chi connectivity index (χ3n) is 2.02. The fraction of sp³-hybridized carbons (Fsp3) is 0.500. The SMILES string of the molecule is C#CCN(CC)CCc1csc(N)n1. The lowest BCUT2D eigenvalue weighted by molar-refractivity contribution is 0.327. The molecule has 14 heavy (non-hydrogen) atoms. The van der Waals surface area contributed by atoms with Gasteiger partial charge < -0.3 is 5.73 Å². The standard InChI is InChI=1S/C10H15N3S/c1-3-6-13(4-2)7-5-9-8-14-10(11)12-9/h1,8H,4-7H2,2H3,(H2,11,12). The second kappa shape index (κ2) is 5.63. The van der Waals surface area contributed by atoms with E-state index >= 15 is 0 Å². The highest BCUT2D eigenvalue weighted by molar-refractivity contribution is 7.13. The van der Waals surface area contributed by atoms with E-state index in [0.29, 0.717) is 11.7 Å². The molecule has 1 aromatic heterocycles. The zero-order valence-electron chi connectivity index (χ0n) is 8.36. The van der Waals surface area contributed by atoms with E-state index < -0.39 is 0 Å². The molecule has 1 aromatic rings. The van der Waals surface area contributed by atoms with E-state index in [2.05, 4.69) is 22.7 Å². The molecular weight excluding hydrogens is 194 g/mol. The van der Waals surface area contributed by atoms with E-state index in [4.69, 9.17) is 12.2 Å². The molecule has 3 nitrogen and oxygen atoms in total. The van der Waals surface area contributed by atoms with Gasteiger partial charge in [0.1, 0.15) is 0 Å². The highest BCUT2D eigenvalue weighted by Gasteiger charge is 2.03. The topological polar surface area (TPSA) is 42.1 Å². The predicted molar refractivity (Wildman–Crippen MR) is 61.2 cm³/mol. The summed E-state index contributed by atoms with van der Waals surface area (Å²) in [4.78, 5) is 6.40. The third-order valence-corrected chi connectivity index (χ3v) is 2.74. The van der Waals surface area contributed by atoms with Crippen molar-refractivity contribution in [1.82, 2.24) is 9.88 Å². The Morgan fingerprint density at radius 3 is 3.00 bits per heavy atom. The van der Waals surface area contributed by atoms with Crippen LogP contribution >= 0.6 is 11.3 Å². The molecule has 0 aliphatic carbocycles. The molecule has 0 saturated carbocycles. The Labute approximate surface area is 88.9 Å². The van der Waals surface area contributed by atoms with Gasteiger partial charge in [-0.1, -0.05) is 12.8 Å². The fourth-order valence-electron chi connectivity index (χ4n) is 1.19. The lowest BCUT2D eigenvalue weighted by Crippen LogP contribution is -2.26.